The molecular weight excluding hydrogens is 164 g/mol. The van der Waals surface area contributed by atoms with Crippen LogP contribution in [0, 0.1) is 11.8 Å². The summed E-state index contributed by atoms with van der Waals surface area (Å²) in [6, 6.07) is 0. The van der Waals surface area contributed by atoms with Gasteiger partial charge >= 0.3 is 0 Å². The lowest BCUT2D eigenvalue weighted by Gasteiger charge is -2.32. The van der Waals surface area contributed by atoms with E-state index < -0.39 is 0 Å². The van der Waals surface area contributed by atoms with E-state index in [2.05, 4.69) is 12.2 Å². The highest BCUT2D eigenvalue weighted by atomic mass is 16.1. The molecule has 0 bridgehead atoms. The van der Waals surface area contributed by atoms with E-state index in [1.54, 1.807) is 0 Å². The molecule has 0 aromatic carbocycles. The molecular formula is C10H20N2O. The first-order valence-electron chi connectivity index (χ1n) is 4.95. The molecule has 0 heterocycles. The number of hydrogen-bond acceptors (Lipinski definition) is 2. The zero-order chi connectivity index (χ0) is 10.1. The van der Waals surface area contributed by atoms with Gasteiger partial charge in [0.1, 0.15) is 0 Å². The Balaban J connectivity index is 2.19. The Kier molecular flexibility index (Phi) is 2.96. The van der Waals surface area contributed by atoms with Crippen molar-refractivity contribution < 1.29 is 4.79 Å². The summed E-state index contributed by atoms with van der Waals surface area (Å²) in [5.74, 6) is 1.15. The highest BCUT2D eigenvalue weighted by Crippen LogP contribution is 2.32. The molecule has 0 unspecified atom stereocenters. The van der Waals surface area contributed by atoms with E-state index in [1.807, 2.05) is 13.8 Å². The van der Waals surface area contributed by atoms with Crippen LogP contribution in [0.25, 0.3) is 0 Å². The van der Waals surface area contributed by atoms with Gasteiger partial charge in [-0.15, -0.1) is 0 Å². The summed E-state index contributed by atoms with van der Waals surface area (Å²) in [5.41, 5.74) is 5.46. The van der Waals surface area contributed by atoms with Gasteiger partial charge in [0.15, 0.2) is 0 Å². The fourth-order valence-electron chi connectivity index (χ4n) is 1.58. The van der Waals surface area contributed by atoms with Gasteiger partial charge in [0.25, 0.3) is 0 Å². The third-order valence-electron chi connectivity index (χ3n) is 2.46. The lowest BCUT2D eigenvalue weighted by molar-refractivity contribution is -0.129. The van der Waals surface area contributed by atoms with Crippen LogP contribution in [0.4, 0.5) is 0 Å². The maximum Gasteiger partial charge on any atom is 0.223 e. The van der Waals surface area contributed by atoms with Crippen LogP contribution in [-0.4, -0.2) is 18.0 Å². The van der Waals surface area contributed by atoms with Gasteiger partial charge in [-0.2, -0.15) is 0 Å². The van der Waals surface area contributed by atoms with Crippen molar-refractivity contribution in [1.82, 2.24) is 5.32 Å². The van der Waals surface area contributed by atoms with Gasteiger partial charge in [0, 0.05) is 18.0 Å². The normalized spacial score (nSPS) is 28.0. The number of amides is 1. The molecule has 1 rings (SSSR count). The number of carbonyl (C=O) groups excluding carboxylic acids is 1. The molecule has 0 atom stereocenters. The number of nitrogens with one attached hydrogen (secondary N) is 1. The Hall–Kier alpha value is -0.570. The minimum Gasteiger partial charge on any atom is -0.354 e. The average Bonchev–Trinajstić information content (AvgIpc) is 1.93. The first-order valence-corrected chi connectivity index (χ1v) is 4.95. The lowest BCUT2D eigenvalue weighted by Crippen LogP contribution is -2.48. The minimum atomic E-state index is -0.301. The molecule has 1 fully saturated rings. The fraction of sp³-hybridized carbons (Fsp3) is 0.900. The largest absolute Gasteiger partial charge is 0.354 e. The van der Waals surface area contributed by atoms with Crippen molar-refractivity contribution in [2.45, 2.75) is 39.2 Å². The van der Waals surface area contributed by atoms with Crippen LogP contribution in [0.15, 0.2) is 0 Å². The fourth-order valence-corrected chi connectivity index (χ4v) is 1.58. The van der Waals surface area contributed by atoms with Crippen molar-refractivity contribution in [2.24, 2.45) is 17.6 Å². The summed E-state index contributed by atoms with van der Waals surface area (Å²) in [4.78, 5) is 11.5. The molecule has 1 amide bonds. The molecule has 1 saturated carbocycles. The van der Waals surface area contributed by atoms with Crippen molar-refractivity contribution >= 4 is 5.91 Å². The van der Waals surface area contributed by atoms with Crippen molar-refractivity contribution in [3.05, 3.63) is 0 Å². The number of carbonyl (C=O) groups is 1. The van der Waals surface area contributed by atoms with Crippen LogP contribution in [0.5, 0.6) is 0 Å². The van der Waals surface area contributed by atoms with E-state index >= 15 is 0 Å². The maximum absolute atomic E-state index is 11.5. The zero-order valence-corrected chi connectivity index (χ0v) is 8.76. The van der Waals surface area contributed by atoms with Crippen LogP contribution in [0.3, 0.4) is 0 Å². The van der Waals surface area contributed by atoms with Crippen LogP contribution in [-0.2, 0) is 4.79 Å². The average molecular weight is 184 g/mol. The number of hydrogen-bond donors (Lipinski definition) is 2. The summed E-state index contributed by atoms with van der Waals surface area (Å²) in [6.07, 6.45) is 2.08. The second kappa shape index (κ2) is 3.66. The van der Waals surface area contributed by atoms with Gasteiger partial charge in [-0.05, 0) is 32.6 Å². The molecule has 3 N–H and O–H groups in total. The van der Waals surface area contributed by atoms with Gasteiger partial charge in [-0.3, -0.25) is 4.79 Å². The van der Waals surface area contributed by atoms with Crippen LogP contribution < -0.4 is 11.1 Å². The van der Waals surface area contributed by atoms with Gasteiger partial charge in [0.2, 0.25) is 5.91 Å². The predicted molar refractivity (Wildman–Crippen MR) is 53.2 cm³/mol. The van der Waals surface area contributed by atoms with Crippen LogP contribution >= 0.6 is 0 Å². The van der Waals surface area contributed by atoms with Crippen LogP contribution in [0.2, 0.25) is 0 Å². The van der Waals surface area contributed by atoms with E-state index in [4.69, 9.17) is 5.73 Å². The quantitative estimate of drug-likeness (QED) is 0.684. The van der Waals surface area contributed by atoms with Gasteiger partial charge in [0.05, 0.1) is 0 Å². The topological polar surface area (TPSA) is 55.1 Å². The van der Waals surface area contributed by atoms with E-state index in [9.17, 15) is 4.79 Å². The van der Waals surface area contributed by atoms with E-state index in [1.165, 1.54) is 0 Å². The predicted octanol–water partition coefficient (Wildman–Crippen LogP) is 0.886. The monoisotopic (exact) mass is 184 g/mol. The highest BCUT2D eigenvalue weighted by Gasteiger charge is 2.31. The summed E-state index contributed by atoms with van der Waals surface area (Å²) in [6.45, 7) is 6.57. The molecule has 1 aliphatic rings. The number of rotatable bonds is 3. The standard InChI is InChI=1S/C10H20N2O/c1-7-4-8(5-7)9(13)12-6-10(2,3)11/h7-8H,4-6,11H2,1-3H3,(H,12,13). The van der Waals surface area contributed by atoms with Gasteiger partial charge in [-0.1, -0.05) is 6.92 Å². The Morgan fingerprint density at radius 1 is 1.54 bits per heavy atom. The highest BCUT2D eigenvalue weighted by molar-refractivity contribution is 5.79. The van der Waals surface area contributed by atoms with E-state index in [0.717, 1.165) is 18.8 Å². The van der Waals surface area contributed by atoms with E-state index in [-0.39, 0.29) is 17.4 Å². The summed E-state index contributed by atoms with van der Waals surface area (Å²) in [7, 11) is 0. The summed E-state index contributed by atoms with van der Waals surface area (Å²) >= 11 is 0. The minimum absolute atomic E-state index is 0.177. The lowest BCUT2D eigenvalue weighted by atomic mass is 9.75. The molecule has 1 aliphatic carbocycles. The first kappa shape index (κ1) is 10.5. The van der Waals surface area contributed by atoms with Crippen LogP contribution in [0.1, 0.15) is 33.6 Å². The molecule has 0 spiro atoms. The molecule has 13 heavy (non-hydrogen) atoms. The Bertz CT molecular complexity index is 190. The van der Waals surface area contributed by atoms with E-state index in [0.29, 0.717) is 6.54 Å². The van der Waals surface area contributed by atoms with Crippen molar-refractivity contribution in [2.75, 3.05) is 6.54 Å². The zero-order valence-electron chi connectivity index (χ0n) is 8.76. The first-order chi connectivity index (χ1) is 5.88. The summed E-state index contributed by atoms with van der Waals surface area (Å²) < 4.78 is 0. The third-order valence-corrected chi connectivity index (χ3v) is 2.46. The second-order valence-corrected chi connectivity index (χ2v) is 4.98. The molecule has 0 aromatic heterocycles. The van der Waals surface area contributed by atoms with Gasteiger partial charge in [-0.25, -0.2) is 0 Å². The third kappa shape index (κ3) is 3.35. The Morgan fingerprint density at radius 2 is 2.08 bits per heavy atom. The van der Waals surface area contributed by atoms with Gasteiger partial charge < -0.3 is 11.1 Å². The molecule has 0 radical (unpaired) electrons. The molecule has 76 valence electrons. The number of nitrogens with two attached hydrogens (primary N) is 1. The second-order valence-electron chi connectivity index (χ2n) is 4.98. The summed E-state index contributed by atoms with van der Waals surface area (Å²) in [5, 5.41) is 2.88. The van der Waals surface area contributed by atoms with Crippen molar-refractivity contribution in [3.8, 4) is 0 Å². The molecule has 3 nitrogen and oxygen atoms in total. The Labute approximate surface area is 80.1 Å². The molecule has 3 heteroatoms. The smallest absolute Gasteiger partial charge is 0.223 e. The SMILES string of the molecule is CC1CC(C(=O)NCC(C)(C)N)C1. The Morgan fingerprint density at radius 3 is 2.46 bits per heavy atom. The molecule has 0 aliphatic heterocycles. The maximum atomic E-state index is 11.5. The molecule has 0 aromatic rings. The molecule has 0 saturated heterocycles. The van der Waals surface area contributed by atoms with Crippen molar-refractivity contribution in [1.29, 1.82) is 0 Å². The van der Waals surface area contributed by atoms with Crippen molar-refractivity contribution in [3.63, 3.8) is 0 Å².